The molecular formula is C30H35FN6O4. The summed E-state index contributed by atoms with van der Waals surface area (Å²) < 4.78 is 20.6. The Morgan fingerprint density at radius 1 is 1.27 bits per heavy atom. The van der Waals surface area contributed by atoms with Crippen molar-refractivity contribution in [1.29, 1.82) is 0 Å². The Balaban J connectivity index is 1.29. The Labute approximate surface area is 237 Å². The summed E-state index contributed by atoms with van der Waals surface area (Å²) in [5.74, 6) is 0.0915. The molecule has 0 spiro atoms. The minimum Gasteiger partial charge on any atom is -0.443 e. The zero-order valence-corrected chi connectivity index (χ0v) is 23.8. The molecule has 216 valence electrons. The van der Waals surface area contributed by atoms with Gasteiger partial charge in [-0.05, 0) is 74.5 Å². The van der Waals surface area contributed by atoms with Crippen LogP contribution in [0, 0.1) is 5.41 Å². The van der Waals surface area contributed by atoms with Crippen molar-refractivity contribution in [3.63, 3.8) is 0 Å². The number of aliphatic hydroxyl groups is 1. The van der Waals surface area contributed by atoms with E-state index in [1.807, 2.05) is 0 Å². The fraction of sp³-hybridized carbons (Fsp3) is 0.533. The van der Waals surface area contributed by atoms with E-state index in [0.717, 1.165) is 31.4 Å². The molecule has 11 heteroatoms. The van der Waals surface area contributed by atoms with Crippen molar-refractivity contribution in [3.8, 4) is 0 Å². The van der Waals surface area contributed by atoms with E-state index in [1.165, 1.54) is 26.7 Å². The summed E-state index contributed by atoms with van der Waals surface area (Å²) in [6.45, 7) is 6.33. The number of carbonyl (C=O) groups excluding carboxylic acids is 2. The first-order valence-corrected chi connectivity index (χ1v) is 14.2. The molecule has 4 aliphatic carbocycles. The number of halogens is 1. The van der Waals surface area contributed by atoms with Crippen molar-refractivity contribution in [1.82, 2.24) is 19.9 Å². The predicted octanol–water partition coefficient (Wildman–Crippen LogP) is 4.05. The van der Waals surface area contributed by atoms with Crippen molar-refractivity contribution in [2.45, 2.75) is 76.1 Å². The maximum atomic E-state index is 13.6. The molecule has 41 heavy (non-hydrogen) atoms. The van der Waals surface area contributed by atoms with Gasteiger partial charge in [-0.15, -0.1) is 5.10 Å². The van der Waals surface area contributed by atoms with Crippen molar-refractivity contribution in [3.05, 3.63) is 47.3 Å². The van der Waals surface area contributed by atoms with Crippen LogP contribution in [0.5, 0.6) is 0 Å². The molecule has 4 fully saturated rings. The average molecular weight is 563 g/mol. The number of ether oxygens (including phenoxy) is 1. The van der Waals surface area contributed by atoms with Gasteiger partial charge < -0.3 is 20.1 Å². The minimum atomic E-state index is -1.04. The van der Waals surface area contributed by atoms with E-state index >= 15 is 0 Å². The average Bonchev–Trinajstić information content (AvgIpc) is 3.25. The van der Waals surface area contributed by atoms with Gasteiger partial charge in [0.25, 0.3) is 5.91 Å². The molecule has 0 saturated heterocycles. The van der Waals surface area contributed by atoms with Crippen LogP contribution < -0.4 is 15.1 Å². The Kier molecular flexibility index (Phi) is 5.52. The van der Waals surface area contributed by atoms with Gasteiger partial charge in [0.2, 0.25) is 0 Å². The standard InChI is InChI=1S/C30H35FN6O4/c1-28(2,3)41-27(40)35(4)22-11-24(34-37-23(12-32-25(22)37)26(39)33-20-10-19(20)31)36-9-8-17-18(6-5-7-21(17)36)30-13-29(14-30,15-30)16-38/h5-7,11-12,19-20,38H,8-10,13-16H2,1-4H3,(H,33,39)/t19-,20+,29?,30?/m0/s1. The first kappa shape index (κ1) is 26.2. The summed E-state index contributed by atoms with van der Waals surface area (Å²) in [5, 5.41) is 17.3. The largest absolute Gasteiger partial charge is 0.443 e. The minimum absolute atomic E-state index is 0.107. The molecule has 2 aromatic heterocycles. The number of carbonyl (C=O) groups is 2. The molecule has 2 N–H and O–H groups in total. The molecule has 0 unspecified atom stereocenters. The van der Waals surface area contributed by atoms with Crippen molar-refractivity contribution >= 4 is 34.8 Å². The van der Waals surface area contributed by atoms with Crippen LogP contribution in [0.4, 0.5) is 26.4 Å². The Morgan fingerprint density at radius 2 is 2.00 bits per heavy atom. The third-order valence-corrected chi connectivity index (χ3v) is 9.08. The zero-order valence-electron chi connectivity index (χ0n) is 23.8. The third kappa shape index (κ3) is 4.07. The number of hydrogen-bond donors (Lipinski definition) is 2. The molecule has 1 aliphatic heterocycles. The first-order valence-electron chi connectivity index (χ1n) is 14.2. The highest BCUT2D eigenvalue weighted by molar-refractivity contribution is 5.97. The number of alkyl halides is 1. The Morgan fingerprint density at radius 3 is 2.66 bits per heavy atom. The lowest BCUT2D eigenvalue weighted by Crippen LogP contribution is -2.66. The number of aromatic nitrogens is 3. The number of nitrogens with one attached hydrogen (secondary N) is 1. The molecule has 10 nitrogen and oxygen atoms in total. The Hall–Kier alpha value is -3.73. The van der Waals surface area contributed by atoms with Crippen molar-refractivity contribution in [2.24, 2.45) is 5.41 Å². The highest BCUT2D eigenvalue weighted by Crippen LogP contribution is 2.74. The Bertz CT molecular complexity index is 1580. The number of nitrogens with zero attached hydrogens (tertiary/aromatic N) is 5. The molecule has 3 heterocycles. The van der Waals surface area contributed by atoms with Gasteiger partial charge in [-0.25, -0.2) is 18.7 Å². The fourth-order valence-corrected chi connectivity index (χ4v) is 7.08. The normalized spacial score (nSPS) is 27.6. The lowest BCUT2D eigenvalue weighted by molar-refractivity contribution is -0.168. The highest BCUT2D eigenvalue weighted by atomic mass is 19.1. The van der Waals surface area contributed by atoms with Crippen LogP contribution in [-0.4, -0.2) is 69.7 Å². The van der Waals surface area contributed by atoms with Crippen LogP contribution in [-0.2, 0) is 16.6 Å². The van der Waals surface area contributed by atoms with Crippen LogP contribution in [0.25, 0.3) is 5.65 Å². The smallest absolute Gasteiger partial charge is 0.414 e. The SMILES string of the molecule is CN(C(=O)OC(C)(C)C)c1cc(N2CCc3c2cccc3C23CC(CO)(C2)C3)nn2c(C(=O)N[C@@H]3C[C@@H]3F)cnc12. The van der Waals surface area contributed by atoms with E-state index in [1.54, 1.807) is 33.9 Å². The molecular weight excluding hydrogens is 527 g/mol. The maximum absolute atomic E-state index is 13.6. The second kappa shape index (κ2) is 8.64. The van der Waals surface area contributed by atoms with E-state index in [-0.39, 0.29) is 23.1 Å². The summed E-state index contributed by atoms with van der Waals surface area (Å²) in [5.41, 5.74) is 4.16. The number of rotatable bonds is 6. The molecule has 2 amide bonds. The quantitative estimate of drug-likeness (QED) is 0.466. The molecule has 0 radical (unpaired) electrons. The van der Waals surface area contributed by atoms with E-state index in [9.17, 15) is 19.1 Å². The lowest BCUT2D eigenvalue weighted by Gasteiger charge is -2.71. The molecule has 5 aliphatic rings. The predicted molar refractivity (Wildman–Crippen MR) is 151 cm³/mol. The van der Waals surface area contributed by atoms with Crippen molar-refractivity contribution < 1.29 is 23.8 Å². The van der Waals surface area contributed by atoms with E-state index in [4.69, 9.17) is 9.84 Å². The van der Waals surface area contributed by atoms with Gasteiger partial charge in [-0.3, -0.25) is 9.69 Å². The summed E-state index contributed by atoms with van der Waals surface area (Å²) in [6.07, 6.45) is 4.00. The second-order valence-electron chi connectivity index (χ2n) is 13.3. The lowest BCUT2D eigenvalue weighted by atomic mass is 9.33. The molecule has 2 atom stereocenters. The monoisotopic (exact) mass is 562 g/mol. The molecule has 4 saturated carbocycles. The number of hydrogen-bond acceptors (Lipinski definition) is 7. The van der Waals surface area contributed by atoms with Gasteiger partial charge in [-0.1, -0.05) is 12.1 Å². The zero-order chi connectivity index (χ0) is 28.9. The number of imidazole rings is 1. The highest BCUT2D eigenvalue weighted by Gasteiger charge is 2.68. The molecule has 2 bridgehead atoms. The number of anilines is 3. The summed E-state index contributed by atoms with van der Waals surface area (Å²) in [6, 6.07) is 7.67. The van der Waals surface area contributed by atoms with Gasteiger partial charge in [-0.2, -0.15) is 0 Å². The van der Waals surface area contributed by atoms with Crippen molar-refractivity contribution in [2.75, 3.05) is 30.0 Å². The summed E-state index contributed by atoms with van der Waals surface area (Å²) in [4.78, 5) is 34.1. The van der Waals surface area contributed by atoms with Crippen LogP contribution >= 0.6 is 0 Å². The molecule has 3 aromatic rings. The van der Waals surface area contributed by atoms with Gasteiger partial charge in [0.05, 0.1) is 17.9 Å². The second-order valence-corrected chi connectivity index (χ2v) is 13.3. The van der Waals surface area contributed by atoms with Gasteiger partial charge in [0.15, 0.2) is 17.2 Å². The number of amides is 2. The molecule has 8 rings (SSSR count). The maximum Gasteiger partial charge on any atom is 0.414 e. The fourth-order valence-electron chi connectivity index (χ4n) is 7.08. The summed E-state index contributed by atoms with van der Waals surface area (Å²) in [7, 11) is 1.61. The van der Waals surface area contributed by atoms with Gasteiger partial charge in [0.1, 0.15) is 11.8 Å². The van der Waals surface area contributed by atoms with Gasteiger partial charge in [0, 0.05) is 38.4 Å². The topological polar surface area (TPSA) is 112 Å². The van der Waals surface area contributed by atoms with E-state index < -0.39 is 29.8 Å². The van der Waals surface area contributed by atoms with Crippen LogP contribution in [0.2, 0.25) is 0 Å². The molecule has 1 aromatic carbocycles. The first-order chi connectivity index (χ1) is 19.4. The van der Waals surface area contributed by atoms with Crippen LogP contribution in [0.1, 0.15) is 68.1 Å². The van der Waals surface area contributed by atoms with Crippen LogP contribution in [0.15, 0.2) is 30.5 Å². The van der Waals surface area contributed by atoms with E-state index in [2.05, 4.69) is 33.4 Å². The number of fused-ring (bicyclic) bond motifs is 2. The summed E-state index contributed by atoms with van der Waals surface area (Å²) >= 11 is 0. The van der Waals surface area contributed by atoms with Crippen LogP contribution in [0.3, 0.4) is 0 Å². The number of aliphatic hydroxyl groups excluding tert-OH is 1. The number of benzene rings is 1. The third-order valence-electron chi connectivity index (χ3n) is 9.08. The van der Waals surface area contributed by atoms with E-state index in [0.29, 0.717) is 30.1 Å². The van der Waals surface area contributed by atoms with Gasteiger partial charge >= 0.3 is 6.09 Å².